The average molecular weight is 250 g/mol. The number of thioether (sulfide) groups is 1. The van der Waals surface area contributed by atoms with E-state index in [1.807, 2.05) is 12.3 Å². The average Bonchev–Trinajstić information content (AvgIpc) is 2.37. The number of benzene rings is 1. The standard InChI is InChI=1S/C12H14N2O2S/c1-17-7-6-14-12(15)9-16-11-5-3-2-4-10(11)8-13/h2-5H,6-7,9H2,1H3,(H,14,15). The summed E-state index contributed by atoms with van der Waals surface area (Å²) >= 11 is 1.67. The fourth-order valence-corrected chi connectivity index (χ4v) is 1.48. The van der Waals surface area contributed by atoms with E-state index in [1.54, 1.807) is 36.0 Å². The summed E-state index contributed by atoms with van der Waals surface area (Å²) in [5.41, 5.74) is 0.435. The minimum absolute atomic E-state index is 0.0624. The molecule has 0 aromatic heterocycles. The summed E-state index contributed by atoms with van der Waals surface area (Å²) in [5.74, 6) is 1.14. The van der Waals surface area contributed by atoms with Crippen LogP contribution in [0.25, 0.3) is 0 Å². The van der Waals surface area contributed by atoms with Gasteiger partial charge in [0.05, 0.1) is 5.56 Å². The zero-order chi connectivity index (χ0) is 12.5. The molecule has 0 spiro atoms. The fourth-order valence-electron chi connectivity index (χ4n) is 1.17. The molecule has 1 aromatic carbocycles. The number of amides is 1. The molecule has 0 radical (unpaired) electrons. The number of carbonyl (C=O) groups is 1. The van der Waals surface area contributed by atoms with Gasteiger partial charge in [-0.25, -0.2) is 0 Å². The van der Waals surface area contributed by atoms with Crippen molar-refractivity contribution in [3.05, 3.63) is 29.8 Å². The summed E-state index contributed by atoms with van der Waals surface area (Å²) in [6.07, 6.45) is 1.98. The Labute approximate surface area is 105 Å². The second-order valence-electron chi connectivity index (χ2n) is 3.24. The van der Waals surface area contributed by atoms with Crippen LogP contribution in [0.3, 0.4) is 0 Å². The van der Waals surface area contributed by atoms with E-state index in [0.717, 1.165) is 5.75 Å². The Morgan fingerprint density at radius 3 is 3.00 bits per heavy atom. The number of nitriles is 1. The Morgan fingerprint density at radius 1 is 1.53 bits per heavy atom. The molecule has 0 unspecified atom stereocenters. The van der Waals surface area contributed by atoms with Crippen LogP contribution in [0.4, 0.5) is 0 Å². The van der Waals surface area contributed by atoms with Gasteiger partial charge in [-0.05, 0) is 18.4 Å². The zero-order valence-electron chi connectivity index (χ0n) is 9.60. The predicted molar refractivity (Wildman–Crippen MR) is 68.0 cm³/mol. The van der Waals surface area contributed by atoms with Crippen molar-refractivity contribution in [2.75, 3.05) is 25.2 Å². The normalized spacial score (nSPS) is 9.41. The largest absolute Gasteiger partial charge is 0.482 e. The van der Waals surface area contributed by atoms with Crippen molar-refractivity contribution in [2.45, 2.75) is 0 Å². The Kier molecular flexibility index (Phi) is 5.97. The van der Waals surface area contributed by atoms with Crippen LogP contribution in [0.15, 0.2) is 24.3 Å². The molecule has 1 amide bonds. The molecule has 0 bridgehead atoms. The van der Waals surface area contributed by atoms with Crippen LogP contribution in [0.5, 0.6) is 5.75 Å². The Bertz CT molecular complexity index is 415. The summed E-state index contributed by atoms with van der Waals surface area (Å²) in [7, 11) is 0. The van der Waals surface area contributed by atoms with Crippen molar-refractivity contribution in [3.63, 3.8) is 0 Å². The SMILES string of the molecule is CSCCNC(=O)COc1ccccc1C#N. The molecule has 0 saturated carbocycles. The Morgan fingerprint density at radius 2 is 2.29 bits per heavy atom. The molecular formula is C12H14N2O2S. The first-order valence-corrected chi connectivity index (χ1v) is 6.55. The second kappa shape index (κ2) is 7.58. The van der Waals surface area contributed by atoms with Crippen molar-refractivity contribution in [1.82, 2.24) is 5.32 Å². The molecule has 5 heteroatoms. The monoisotopic (exact) mass is 250 g/mol. The molecule has 1 N–H and O–H groups in total. The maximum Gasteiger partial charge on any atom is 0.257 e. The zero-order valence-corrected chi connectivity index (χ0v) is 10.4. The summed E-state index contributed by atoms with van der Waals surface area (Å²) in [4.78, 5) is 11.4. The number of carbonyl (C=O) groups excluding carboxylic acids is 1. The highest BCUT2D eigenvalue weighted by atomic mass is 32.2. The Hall–Kier alpha value is -1.67. The molecule has 4 nitrogen and oxygen atoms in total. The second-order valence-corrected chi connectivity index (χ2v) is 4.22. The minimum atomic E-state index is -0.174. The molecule has 90 valence electrons. The van der Waals surface area contributed by atoms with Crippen LogP contribution >= 0.6 is 11.8 Å². The van der Waals surface area contributed by atoms with Gasteiger partial charge in [0.1, 0.15) is 11.8 Å². The molecule has 0 fully saturated rings. The van der Waals surface area contributed by atoms with Gasteiger partial charge in [0.2, 0.25) is 0 Å². The molecule has 0 saturated heterocycles. The van der Waals surface area contributed by atoms with Crippen LogP contribution in [-0.2, 0) is 4.79 Å². The first-order chi connectivity index (χ1) is 8.27. The third-order valence-corrected chi connectivity index (χ3v) is 2.61. The number of nitrogens with zero attached hydrogens (tertiary/aromatic N) is 1. The lowest BCUT2D eigenvalue weighted by atomic mass is 10.2. The van der Waals surface area contributed by atoms with Crippen LogP contribution in [0.1, 0.15) is 5.56 Å². The van der Waals surface area contributed by atoms with Crippen molar-refractivity contribution in [2.24, 2.45) is 0 Å². The lowest BCUT2D eigenvalue weighted by Crippen LogP contribution is -2.30. The number of para-hydroxylation sites is 1. The van der Waals surface area contributed by atoms with Gasteiger partial charge >= 0.3 is 0 Å². The van der Waals surface area contributed by atoms with Crippen LogP contribution in [0.2, 0.25) is 0 Å². The van der Waals surface area contributed by atoms with Gasteiger partial charge in [-0.2, -0.15) is 17.0 Å². The van der Waals surface area contributed by atoms with Crippen molar-refractivity contribution < 1.29 is 9.53 Å². The summed E-state index contributed by atoms with van der Waals surface area (Å²) in [6, 6.07) is 8.86. The van der Waals surface area contributed by atoms with Gasteiger partial charge in [-0.15, -0.1) is 0 Å². The van der Waals surface area contributed by atoms with Gasteiger partial charge in [0.25, 0.3) is 5.91 Å². The molecule has 1 aromatic rings. The number of nitrogens with one attached hydrogen (secondary N) is 1. The third kappa shape index (κ3) is 4.79. The first kappa shape index (κ1) is 13.4. The van der Waals surface area contributed by atoms with E-state index in [9.17, 15) is 4.79 Å². The fraction of sp³-hybridized carbons (Fsp3) is 0.333. The van der Waals surface area contributed by atoms with Gasteiger partial charge in [0, 0.05) is 12.3 Å². The van der Waals surface area contributed by atoms with E-state index in [2.05, 4.69) is 5.32 Å². The van der Waals surface area contributed by atoms with Crippen LogP contribution in [-0.4, -0.2) is 31.1 Å². The van der Waals surface area contributed by atoms with Gasteiger partial charge in [-0.1, -0.05) is 12.1 Å². The number of hydrogen-bond donors (Lipinski definition) is 1. The van der Waals surface area contributed by atoms with E-state index in [4.69, 9.17) is 10.00 Å². The van der Waals surface area contributed by atoms with Gasteiger partial charge in [-0.3, -0.25) is 4.79 Å². The first-order valence-electron chi connectivity index (χ1n) is 5.15. The molecule has 0 atom stereocenters. The number of hydrogen-bond acceptors (Lipinski definition) is 4. The third-order valence-electron chi connectivity index (χ3n) is 1.99. The van der Waals surface area contributed by atoms with Gasteiger partial charge in [0.15, 0.2) is 6.61 Å². The van der Waals surface area contributed by atoms with E-state index in [0.29, 0.717) is 17.9 Å². The highest BCUT2D eigenvalue weighted by Gasteiger charge is 2.05. The number of ether oxygens (including phenoxy) is 1. The molecule has 1 rings (SSSR count). The van der Waals surface area contributed by atoms with Gasteiger partial charge < -0.3 is 10.1 Å². The smallest absolute Gasteiger partial charge is 0.257 e. The van der Waals surface area contributed by atoms with E-state index < -0.39 is 0 Å². The summed E-state index contributed by atoms with van der Waals surface area (Å²) in [6.45, 7) is 0.566. The topological polar surface area (TPSA) is 62.1 Å². The lowest BCUT2D eigenvalue weighted by Gasteiger charge is -2.07. The molecule has 0 aliphatic heterocycles. The van der Waals surface area contributed by atoms with Crippen molar-refractivity contribution >= 4 is 17.7 Å². The quantitative estimate of drug-likeness (QED) is 0.776. The van der Waals surface area contributed by atoms with Crippen molar-refractivity contribution in [3.8, 4) is 11.8 Å². The van der Waals surface area contributed by atoms with E-state index in [-0.39, 0.29) is 12.5 Å². The molecular weight excluding hydrogens is 236 g/mol. The maximum atomic E-state index is 11.4. The molecule has 17 heavy (non-hydrogen) atoms. The van der Waals surface area contributed by atoms with Crippen molar-refractivity contribution in [1.29, 1.82) is 5.26 Å². The highest BCUT2D eigenvalue weighted by Crippen LogP contribution is 2.15. The van der Waals surface area contributed by atoms with E-state index in [1.165, 1.54) is 0 Å². The minimum Gasteiger partial charge on any atom is -0.482 e. The molecule has 0 heterocycles. The summed E-state index contributed by atoms with van der Waals surface area (Å²) < 4.78 is 5.28. The highest BCUT2D eigenvalue weighted by molar-refractivity contribution is 7.98. The van der Waals surface area contributed by atoms with Crippen LogP contribution < -0.4 is 10.1 Å². The number of rotatable bonds is 6. The molecule has 0 aliphatic rings. The predicted octanol–water partition coefficient (Wildman–Crippen LogP) is 1.42. The van der Waals surface area contributed by atoms with E-state index >= 15 is 0 Å². The molecule has 0 aliphatic carbocycles. The maximum absolute atomic E-state index is 11.4. The lowest BCUT2D eigenvalue weighted by molar-refractivity contribution is -0.122. The van der Waals surface area contributed by atoms with Crippen LogP contribution in [0, 0.1) is 11.3 Å². The Balaban J connectivity index is 2.40. The summed E-state index contributed by atoms with van der Waals surface area (Å²) in [5, 5.41) is 11.5.